The third kappa shape index (κ3) is 2.92. The van der Waals surface area contributed by atoms with Gasteiger partial charge < -0.3 is 5.32 Å². The molecule has 1 N–H and O–H groups in total. The van der Waals surface area contributed by atoms with Crippen LogP contribution in [0.5, 0.6) is 0 Å². The molecule has 0 bridgehead atoms. The third-order valence-electron chi connectivity index (χ3n) is 2.05. The molecule has 17 heavy (non-hydrogen) atoms. The van der Waals surface area contributed by atoms with E-state index in [4.69, 9.17) is 11.6 Å². The number of nitrogens with one attached hydrogen (secondary N) is 1. The summed E-state index contributed by atoms with van der Waals surface area (Å²) in [4.78, 5) is 15.3. The van der Waals surface area contributed by atoms with Crippen LogP contribution in [-0.2, 0) is 6.54 Å². The van der Waals surface area contributed by atoms with Crippen LogP contribution >= 0.6 is 22.9 Å². The van der Waals surface area contributed by atoms with Gasteiger partial charge in [-0.3, -0.25) is 10.1 Å². The number of thiophene rings is 1. The number of anilines is 1. The van der Waals surface area contributed by atoms with E-state index >= 15 is 0 Å². The Morgan fingerprint density at radius 1 is 1.47 bits per heavy atom. The van der Waals surface area contributed by atoms with Crippen LogP contribution in [0, 0.1) is 10.1 Å². The summed E-state index contributed by atoms with van der Waals surface area (Å²) in [6, 6.07) is 6.59. The molecule has 0 spiro atoms. The van der Waals surface area contributed by atoms with Gasteiger partial charge >= 0.3 is 5.69 Å². The molecule has 0 atom stereocenters. The Morgan fingerprint density at radius 3 is 2.94 bits per heavy atom. The summed E-state index contributed by atoms with van der Waals surface area (Å²) in [5.74, 6) is 0.191. The first-order valence-electron chi connectivity index (χ1n) is 4.74. The van der Waals surface area contributed by atoms with E-state index in [1.165, 1.54) is 12.1 Å². The standard InChI is InChI=1S/C10H8ClN3O2S/c11-9-4-3-8(14(15)16)10(13-9)12-6-7-2-1-5-17-7/h1-5H,6H2,(H,12,13). The van der Waals surface area contributed by atoms with Gasteiger partial charge in [0.15, 0.2) is 0 Å². The highest BCUT2D eigenvalue weighted by Crippen LogP contribution is 2.24. The SMILES string of the molecule is O=[N+]([O-])c1ccc(Cl)nc1NCc1cccs1. The molecule has 2 rings (SSSR count). The lowest BCUT2D eigenvalue weighted by molar-refractivity contribution is -0.384. The van der Waals surface area contributed by atoms with Crippen LogP contribution in [0.3, 0.4) is 0 Å². The molecule has 0 amide bonds. The first-order chi connectivity index (χ1) is 8.16. The first-order valence-corrected chi connectivity index (χ1v) is 6.00. The van der Waals surface area contributed by atoms with Gasteiger partial charge in [0.1, 0.15) is 5.15 Å². The largest absolute Gasteiger partial charge is 0.359 e. The fourth-order valence-electron chi connectivity index (χ4n) is 1.29. The Hall–Kier alpha value is -1.66. The van der Waals surface area contributed by atoms with Crippen molar-refractivity contribution >= 4 is 34.4 Å². The van der Waals surface area contributed by atoms with E-state index in [1.807, 2.05) is 17.5 Å². The average molecular weight is 270 g/mol. The molecule has 0 aliphatic heterocycles. The second-order valence-corrected chi connectivity index (χ2v) is 4.61. The van der Waals surface area contributed by atoms with E-state index in [2.05, 4.69) is 10.3 Å². The summed E-state index contributed by atoms with van der Waals surface area (Å²) in [6.07, 6.45) is 0. The number of halogens is 1. The molecule has 2 aromatic heterocycles. The van der Waals surface area contributed by atoms with Crippen molar-refractivity contribution in [2.75, 3.05) is 5.32 Å². The van der Waals surface area contributed by atoms with Crippen LogP contribution in [0.15, 0.2) is 29.6 Å². The molecule has 2 heterocycles. The summed E-state index contributed by atoms with van der Waals surface area (Å²) in [6.45, 7) is 0.492. The lowest BCUT2D eigenvalue weighted by Crippen LogP contribution is -2.03. The molecule has 0 fully saturated rings. The molecule has 0 aliphatic carbocycles. The van der Waals surface area contributed by atoms with Crippen molar-refractivity contribution in [3.8, 4) is 0 Å². The van der Waals surface area contributed by atoms with E-state index in [9.17, 15) is 10.1 Å². The number of hydrogen-bond donors (Lipinski definition) is 1. The molecule has 0 saturated carbocycles. The van der Waals surface area contributed by atoms with Crippen LogP contribution in [0.4, 0.5) is 11.5 Å². The molecule has 7 heteroatoms. The zero-order chi connectivity index (χ0) is 12.3. The topological polar surface area (TPSA) is 68.1 Å². The average Bonchev–Trinajstić information content (AvgIpc) is 2.78. The van der Waals surface area contributed by atoms with Crippen molar-refractivity contribution in [2.24, 2.45) is 0 Å². The quantitative estimate of drug-likeness (QED) is 0.525. The van der Waals surface area contributed by atoms with Crippen LogP contribution in [-0.4, -0.2) is 9.91 Å². The molecule has 0 unspecified atom stereocenters. The zero-order valence-corrected chi connectivity index (χ0v) is 10.2. The van der Waals surface area contributed by atoms with Gasteiger partial charge in [-0.05, 0) is 17.5 Å². The molecule has 0 aromatic carbocycles. The third-order valence-corrected chi connectivity index (χ3v) is 3.13. The van der Waals surface area contributed by atoms with Crippen molar-refractivity contribution in [2.45, 2.75) is 6.54 Å². The maximum atomic E-state index is 10.8. The maximum Gasteiger partial charge on any atom is 0.311 e. The summed E-state index contributed by atoms with van der Waals surface area (Å²) in [7, 11) is 0. The van der Waals surface area contributed by atoms with Crippen molar-refractivity contribution in [3.63, 3.8) is 0 Å². The monoisotopic (exact) mass is 269 g/mol. The summed E-state index contributed by atoms with van der Waals surface area (Å²) < 4.78 is 0. The van der Waals surface area contributed by atoms with Gasteiger partial charge in [0, 0.05) is 10.9 Å². The van der Waals surface area contributed by atoms with Crippen LogP contribution < -0.4 is 5.32 Å². The molecule has 5 nitrogen and oxygen atoms in total. The predicted molar refractivity (Wildman–Crippen MR) is 67.5 cm³/mol. The minimum Gasteiger partial charge on any atom is -0.359 e. The Kier molecular flexibility index (Phi) is 3.55. The highest BCUT2D eigenvalue weighted by Gasteiger charge is 2.15. The van der Waals surface area contributed by atoms with Crippen molar-refractivity contribution < 1.29 is 4.92 Å². The van der Waals surface area contributed by atoms with Crippen molar-refractivity contribution in [1.82, 2.24) is 4.98 Å². The van der Waals surface area contributed by atoms with Crippen molar-refractivity contribution in [3.05, 3.63) is 49.8 Å². The molecule has 0 aliphatic rings. The van der Waals surface area contributed by atoms with E-state index in [0.29, 0.717) is 6.54 Å². The van der Waals surface area contributed by atoms with Crippen molar-refractivity contribution in [1.29, 1.82) is 0 Å². The van der Waals surface area contributed by atoms with Gasteiger partial charge in [-0.25, -0.2) is 4.98 Å². The van der Waals surface area contributed by atoms with Crippen LogP contribution in [0.2, 0.25) is 5.15 Å². The normalized spacial score (nSPS) is 10.2. The van der Waals surface area contributed by atoms with Gasteiger partial charge in [0.05, 0.1) is 11.5 Å². The Morgan fingerprint density at radius 2 is 2.29 bits per heavy atom. The number of nitro groups is 1. The van der Waals surface area contributed by atoms with Gasteiger partial charge in [-0.1, -0.05) is 17.7 Å². The smallest absolute Gasteiger partial charge is 0.311 e. The predicted octanol–water partition coefficient (Wildman–Crippen LogP) is 3.32. The van der Waals surface area contributed by atoms with E-state index in [0.717, 1.165) is 4.88 Å². The second kappa shape index (κ2) is 5.11. The lowest BCUT2D eigenvalue weighted by atomic mass is 10.4. The van der Waals surface area contributed by atoms with Gasteiger partial charge in [0.25, 0.3) is 0 Å². The minimum absolute atomic E-state index is 0.0778. The molecule has 0 radical (unpaired) electrons. The molecular formula is C10H8ClN3O2S. The van der Waals surface area contributed by atoms with E-state index < -0.39 is 4.92 Å². The molecule has 2 aromatic rings. The number of aromatic nitrogens is 1. The Balaban J connectivity index is 2.19. The summed E-state index contributed by atoms with van der Waals surface area (Å²) >= 11 is 7.28. The lowest BCUT2D eigenvalue weighted by Gasteiger charge is -2.04. The van der Waals surface area contributed by atoms with E-state index in [-0.39, 0.29) is 16.7 Å². The highest BCUT2D eigenvalue weighted by molar-refractivity contribution is 7.09. The number of nitrogens with zero attached hydrogens (tertiary/aromatic N) is 2. The number of pyridine rings is 1. The molecule has 0 saturated heterocycles. The number of rotatable bonds is 4. The Labute approximate surface area is 106 Å². The zero-order valence-electron chi connectivity index (χ0n) is 8.59. The second-order valence-electron chi connectivity index (χ2n) is 3.19. The maximum absolute atomic E-state index is 10.8. The summed E-state index contributed by atoms with van der Waals surface area (Å²) in [5, 5.41) is 15.9. The number of hydrogen-bond acceptors (Lipinski definition) is 5. The first kappa shape index (κ1) is 11.8. The molecule has 88 valence electrons. The van der Waals surface area contributed by atoms with Gasteiger partial charge in [0.2, 0.25) is 5.82 Å². The fraction of sp³-hybridized carbons (Fsp3) is 0.100. The van der Waals surface area contributed by atoms with Gasteiger partial charge in [-0.15, -0.1) is 11.3 Å². The fourth-order valence-corrected chi connectivity index (χ4v) is 2.08. The van der Waals surface area contributed by atoms with Crippen LogP contribution in [0.1, 0.15) is 4.88 Å². The minimum atomic E-state index is -0.486. The highest BCUT2D eigenvalue weighted by atomic mass is 35.5. The van der Waals surface area contributed by atoms with Gasteiger partial charge in [-0.2, -0.15) is 0 Å². The van der Waals surface area contributed by atoms with Crippen LogP contribution in [0.25, 0.3) is 0 Å². The summed E-state index contributed by atoms with van der Waals surface area (Å²) in [5.41, 5.74) is -0.0778. The molecular weight excluding hydrogens is 262 g/mol. The van der Waals surface area contributed by atoms with E-state index in [1.54, 1.807) is 11.3 Å². The Bertz CT molecular complexity index is 530.